The molecule has 1 aromatic rings. The lowest BCUT2D eigenvalue weighted by Crippen LogP contribution is -2.40. The van der Waals surface area contributed by atoms with Crippen molar-refractivity contribution in [2.75, 3.05) is 14.2 Å². The van der Waals surface area contributed by atoms with Gasteiger partial charge in [0.25, 0.3) is 5.91 Å². The molecule has 5 heteroatoms. The molecule has 4 nitrogen and oxygen atoms in total. The number of rotatable bonds is 3. The van der Waals surface area contributed by atoms with Crippen LogP contribution >= 0.6 is 11.3 Å². The highest BCUT2D eigenvalue weighted by Gasteiger charge is 2.23. The maximum atomic E-state index is 11.8. The molecule has 0 aliphatic carbocycles. The van der Waals surface area contributed by atoms with Crippen LogP contribution in [-0.4, -0.2) is 37.0 Å². The number of hydrogen-bond acceptors (Lipinski definition) is 4. The zero-order valence-electron chi connectivity index (χ0n) is 8.89. The Kier molecular flexibility index (Phi) is 3.85. The van der Waals surface area contributed by atoms with Gasteiger partial charge in [-0.2, -0.15) is 11.3 Å². The summed E-state index contributed by atoms with van der Waals surface area (Å²) in [6.45, 7) is 1.64. The number of nitrogens with zero attached hydrogens (tertiary/aromatic N) is 1. The number of amides is 1. The van der Waals surface area contributed by atoms with Crippen molar-refractivity contribution in [3.63, 3.8) is 0 Å². The van der Waals surface area contributed by atoms with Gasteiger partial charge in [0.05, 0.1) is 12.7 Å². The smallest absolute Gasteiger partial charge is 0.328 e. The summed E-state index contributed by atoms with van der Waals surface area (Å²) >= 11 is 1.45. The lowest BCUT2D eigenvalue weighted by molar-refractivity contribution is -0.144. The van der Waals surface area contributed by atoms with E-state index in [1.165, 1.54) is 23.3 Å². The fourth-order valence-electron chi connectivity index (χ4n) is 1.09. The summed E-state index contributed by atoms with van der Waals surface area (Å²) < 4.78 is 4.57. The second-order valence-electron chi connectivity index (χ2n) is 3.13. The van der Waals surface area contributed by atoms with Crippen LogP contribution in [0.2, 0.25) is 0 Å². The highest BCUT2D eigenvalue weighted by atomic mass is 32.1. The Bertz CT molecular complexity index is 348. The first-order chi connectivity index (χ1) is 7.07. The fraction of sp³-hybridized carbons (Fsp3) is 0.400. The van der Waals surface area contributed by atoms with Crippen LogP contribution in [0.25, 0.3) is 0 Å². The molecule has 0 N–H and O–H groups in total. The second-order valence-corrected chi connectivity index (χ2v) is 3.91. The molecule has 0 saturated heterocycles. The monoisotopic (exact) mass is 227 g/mol. The lowest BCUT2D eigenvalue weighted by Gasteiger charge is -2.22. The largest absolute Gasteiger partial charge is 0.467 e. The van der Waals surface area contributed by atoms with Gasteiger partial charge >= 0.3 is 5.97 Å². The molecule has 1 atom stereocenters. The van der Waals surface area contributed by atoms with Gasteiger partial charge in [-0.25, -0.2) is 4.79 Å². The van der Waals surface area contributed by atoms with Crippen molar-refractivity contribution in [3.8, 4) is 0 Å². The highest BCUT2D eigenvalue weighted by Crippen LogP contribution is 2.10. The van der Waals surface area contributed by atoms with Crippen LogP contribution in [0.4, 0.5) is 0 Å². The molecule has 1 aromatic heterocycles. The average molecular weight is 227 g/mol. The number of hydrogen-bond donors (Lipinski definition) is 0. The fourth-order valence-corrected chi connectivity index (χ4v) is 1.72. The van der Waals surface area contributed by atoms with Gasteiger partial charge in [0.2, 0.25) is 0 Å². The van der Waals surface area contributed by atoms with Gasteiger partial charge in [0.15, 0.2) is 0 Å². The van der Waals surface area contributed by atoms with Crippen molar-refractivity contribution in [2.45, 2.75) is 13.0 Å². The number of methoxy groups -OCH3 is 1. The van der Waals surface area contributed by atoms with Crippen LogP contribution in [0, 0.1) is 0 Å². The molecule has 0 aliphatic rings. The molecule has 15 heavy (non-hydrogen) atoms. The lowest BCUT2D eigenvalue weighted by atomic mass is 10.2. The quantitative estimate of drug-likeness (QED) is 0.733. The van der Waals surface area contributed by atoms with E-state index in [9.17, 15) is 9.59 Å². The average Bonchev–Trinajstić information content (AvgIpc) is 2.78. The topological polar surface area (TPSA) is 46.6 Å². The van der Waals surface area contributed by atoms with E-state index in [0.717, 1.165) is 0 Å². The molecule has 0 unspecified atom stereocenters. The van der Waals surface area contributed by atoms with Crippen molar-refractivity contribution in [1.29, 1.82) is 0 Å². The van der Waals surface area contributed by atoms with Gasteiger partial charge < -0.3 is 9.64 Å². The van der Waals surface area contributed by atoms with E-state index < -0.39 is 12.0 Å². The number of likely N-dealkylation sites (N-methyl/N-ethyl adjacent to an activating group) is 1. The molecular formula is C10H13NO3S. The number of thiophene rings is 1. The summed E-state index contributed by atoms with van der Waals surface area (Å²) in [5, 5.41) is 3.58. The van der Waals surface area contributed by atoms with Gasteiger partial charge in [-0.15, -0.1) is 0 Å². The van der Waals surface area contributed by atoms with E-state index in [-0.39, 0.29) is 5.91 Å². The summed E-state index contributed by atoms with van der Waals surface area (Å²) in [7, 11) is 2.89. The zero-order valence-corrected chi connectivity index (χ0v) is 9.71. The summed E-state index contributed by atoms with van der Waals surface area (Å²) in [4.78, 5) is 24.4. The molecular weight excluding hydrogens is 214 g/mol. The minimum atomic E-state index is -0.567. The van der Waals surface area contributed by atoms with Gasteiger partial charge in [-0.3, -0.25) is 4.79 Å². The molecule has 0 spiro atoms. The van der Waals surface area contributed by atoms with E-state index in [2.05, 4.69) is 4.74 Å². The Balaban J connectivity index is 2.73. The molecule has 0 aliphatic heterocycles. The maximum Gasteiger partial charge on any atom is 0.328 e. The summed E-state index contributed by atoms with van der Waals surface area (Å²) in [6, 6.07) is 1.16. The Hall–Kier alpha value is -1.36. The Labute approximate surface area is 92.5 Å². The summed E-state index contributed by atoms with van der Waals surface area (Å²) in [5.41, 5.74) is 0.596. The third-order valence-electron chi connectivity index (χ3n) is 2.21. The number of ether oxygens (including phenoxy) is 1. The molecule has 0 bridgehead atoms. The van der Waals surface area contributed by atoms with E-state index >= 15 is 0 Å². The molecule has 0 radical (unpaired) electrons. The predicted octanol–water partition coefficient (Wildman–Crippen LogP) is 1.38. The molecule has 82 valence electrons. The Morgan fingerprint density at radius 1 is 1.53 bits per heavy atom. The van der Waals surface area contributed by atoms with Crippen molar-refractivity contribution >= 4 is 23.2 Å². The Morgan fingerprint density at radius 3 is 2.67 bits per heavy atom. The normalized spacial score (nSPS) is 11.9. The number of carbonyl (C=O) groups excluding carboxylic acids is 2. The summed E-state index contributed by atoms with van der Waals surface area (Å²) in [6.07, 6.45) is 0. The SMILES string of the molecule is COC(=O)[C@@H](C)N(C)C(=O)c1ccsc1. The first kappa shape index (κ1) is 11.7. The van der Waals surface area contributed by atoms with E-state index in [1.54, 1.807) is 25.4 Å². The third kappa shape index (κ3) is 2.56. The molecule has 1 amide bonds. The van der Waals surface area contributed by atoms with Crippen LogP contribution < -0.4 is 0 Å². The van der Waals surface area contributed by atoms with Crippen molar-refractivity contribution in [1.82, 2.24) is 4.90 Å². The number of esters is 1. The van der Waals surface area contributed by atoms with Gasteiger partial charge in [-0.1, -0.05) is 0 Å². The first-order valence-electron chi connectivity index (χ1n) is 4.45. The van der Waals surface area contributed by atoms with Crippen LogP contribution in [0.5, 0.6) is 0 Å². The molecule has 1 heterocycles. The maximum absolute atomic E-state index is 11.8. The van der Waals surface area contributed by atoms with E-state index in [1.807, 2.05) is 5.38 Å². The van der Waals surface area contributed by atoms with Crippen LogP contribution in [0.1, 0.15) is 17.3 Å². The minimum absolute atomic E-state index is 0.172. The van der Waals surface area contributed by atoms with E-state index in [4.69, 9.17) is 0 Å². The number of carbonyl (C=O) groups is 2. The first-order valence-corrected chi connectivity index (χ1v) is 5.39. The van der Waals surface area contributed by atoms with Gasteiger partial charge in [0, 0.05) is 12.4 Å². The minimum Gasteiger partial charge on any atom is -0.467 e. The van der Waals surface area contributed by atoms with Crippen LogP contribution in [0.3, 0.4) is 0 Å². The van der Waals surface area contributed by atoms with Gasteiger partial charge in [-0.05, 0) is 18.4 Å². The second kappa shape index (κ2) is 4.93. The van der Waals surface area contributed by atoms with Crippen molar-refractivity contribution < 1.29 is 14.3 Å². The molecule has 0 saturated carbocycles. The predicted molar refractivity (Wildman–Crippen MR) is 57.9 cm³/mol. The van der Waals surface area contributed by atoms with Gasteiger partial charge in [0.1, 0.15) is 6.04 Å². The molecule has 1 rings (SSSR count). The Morgan fingerprint density at radius 2 is 2.20 bits per heavy atom. The van der Waals surface area contributed by atoms with Crippen molar-refractivity contribution in [2.24, 2.45) is 0 Å². The standard InChI is InChI=1S/C10H13NO3S/c1-7(10(13)14-3)11(2)9(12)8-4-5-15-6-8/h4-7H,1-3H3/t7-/m1/s1. The highest BCUT2D eigenvalue weighted by molar-refractivity contribution is 7.08. The third-order valence-corrected chi connectivity index (χ3v) is 2.89. The summed E-state index contributed by atoms with van der Waals surface area (Å²) in [5.74, 6) is -0.588. The van der Waals surface area contributed by atoms with Crippen LogP contribution in [-0.2, 0) is 9.53 Å². The molecule has 0 fully saturated rings. The zero-order chi connectivity index (χ0) is 11.4. The van der Waals surface area contributed by atoms with E-state index in [0.29, 0.717) is 5.56 Å². The van der Waals surface area contributed by atoms with Crippen molar-refractivity contribution in [3.05, 3.63) is 22.4 Å². The molecule has 0 aromatic carbocycles. The van der Waals surface area contributed by atoms with Crippen LogP contribution in [0.15, 0.2) is 16.8 Å².